The van der Waals surface area contributed by atoms with E-state index in [0.29, 0.717) is 12.1 Å². The van der Waals surface area contributed by atoms with Crippen LogP contribution in [0.25, 0.3) is 0 Å². The van der Waals surface area contributed by atoms with Crippen LogP contribution in [-0.2, 0) is 6.18 Å². The van der Waals surface area contributed by atoms with E-state index >= 15 is 0 Å². The average Bonchev–Trinajstić information content (AvgIpc) is 2.24. The lowest BCUT2D eigenvalue weighted by atomic mass is 9.76. The van der Waals surface area contributed by atoms with Crippen LogP contribution in [0.15, 0.2) is 24.3 Å². The first-order chi connectivity index (χ1) is 7.79. The lowest BCUT2D eigenvalue weighted by molar-refractivity contribution is -0.137. The number of halogens is 3. The van der Waals surface area contributed by atoms with Gasteiger partial charge in [-0.1, -0.05) is 6.07 Å². The molecule has 0 heterocycles. The lowest BCUT2D eigenvalue weighted by Gasteiger charge is -2.43. The first-order valence-corrected chi connectivity index (χ1v) is 5.45. The van der Waals surface area contributed by atoms with Gasteiger partial charge in [0.1, 0.15) is 0 Å². The van der Waals surface area contributed by atoms with E-state index in [2.05, 4.69) is 5.32 Å². The second-order valence-electron chi connectivity index (χ2n) is 4.67. The monoisotopic (exact) mass is 245 g/mol. The smallest absolute Gasteiger partial charge is 0.388 e. The summed E-state index contributed by atoms with van der Waals surface area (Å²) in [6, 6.07) is 4.85. The van der Waals surface area contributed by atoms with Crippen molar-refractivity contribution in [1.29, 1.82) is 0 Å². The number of rotatable bonds is 2. The average molecular weight is 245 g/mol. The van der Waals surface area contributed by atoms with Crippen molar-refractivity contribution < 1.29 is 18.3 Å². The maximum Gasteiger partial charge on any atom is 0.416 e. The summed E-state index contributed by atoms with van der Waals surface area (Å²) in [5.74, 6) is 0. The van der Waals surface area contributed by atoms with E-state index in [4.69, 9.17) is 0 Å². The third kappa shape index (κ3) is 2.54. The van der Waals surface area contributed by atoms with Crippen LogP contribution < -0.4 is 5.32 Å². The van der Waals surface area contributed by atoms with Gasteiger partial charge in [0.2, 0.25) is 0 Å². The van der Waals surface area contributed by atoms with E-state index in [1.807, 2.05) is 0 Å². The Hall–Kier alpha value is -1.23. The van der Waals surface area contributed by atoms with Gasteiger partial charge in [0, 0.05) is 5.69 Å². The molecule has 17 heavy (non-hydrogen) atoms. The summed E-state index contributed by atoms with van der Waals surface area (Å²) in [7, 11) is 0. The molecule has 0 aliphatic heterocycles. The summed E-state index contributed by atoms with van der Waals surface area (Å²) in [5, 5.41) is 12.7. The fourth-order valence-corrected chi connectivity index (χ4v) is 1.92. The number of hydrogen-bond acceptors (Lipinski definition) is 2. The highest BCUT2D eigenvalue weighted by atomic mass is 19.4. The van der Waals surface area contributed by atoms with Gasteiger partial charge >= 0.3 is 6.18 Å². The fraction of sp³-hybridized carbons (Fsp3) is 0.500. The van der Waals surface area contributed by atoms with Gasteiger partial charge in [0.25, 0.3) is 0 Å². The van der Waals surface area contributed by atoms with Gasteiger partial charge in [-0.2, -0.15) is 13.2 Å². The Bertz CT molecular complexity index is 414. The van der Waals surface area contributed by atoms with Crippen LogP contribution in [0.1, 0.15) is 25.3 Å². The molecule has 0 radical (unpaired) electrons. The number of benzene rings is 1. The molecule has 2 nitrogen and oxygen atoms in total. The molecule has 0 amide bonds. The van der Waals surface area contributed by atoms with Crippen molar-refractivity contribution in [2.45, 2.75) is 37.6 Å². The molecule has 5 heteroatoms. The molecule has 0 bridgehead atoms. The highest BCUT2D eigenvalue weighted by molar-refractivity contribution is 5.48. The highest BCUT2D eigenvalue weighted by Gasteiger charge is 2.41. The molecular weight excluding hydrogens is 231 g/mol. The minimum Gasteiger partial charge on any atom is -0.388 e. The number of hydrogen-bond donors (Lipinski definition) is 2. The second-order valence-corrected chi connectivity index (χ2v) is 4.67. The molecule has 1 aliphatic rings. The van der Waals surface area contributed by atoms with Crippen molar-refractivity contribution in [1.82, 2.24) is 0 Å². The number of alkyl halides is 3. The predicted octanol–water partition coefficient (Wildman–Crippen LogP) is 3.03. The topological polar surface area (TPSA) is 32.3 Å². The van der Waals surface area contributed by atoms with Crippen molar-refractivity contribution >= 4 is 5.69 Å². The summed E-state index contributed by atoms with van der Waals surface area (Å²) in [6.07, 6.45) is -2.90. The van der Waals surface area contributed by atoms with Crippen LogP contribution in [0.2, 0.25) is 0 Å². The summed E-state index contributed by atoms with van der Waals surface area (Å²) in [4.78, 5) is 0. The Morgan fingerprint density at radius 3 is 2.59 bits per heavy atom. The Morgan fingerprint density at radius 1 is 1.41 bits per heavy atom. The van der Waals surface area contributed by atoms with Gasteiger partial charge in [0.15, 0.2) is 0 Å². The van der Waals surface area contributed by atoms with Crippen molar-refractivity contribution in [2.24, 2.45) is 0 Å². The molecule has 1 aromatic carbocycles. The SMILES string of the molecule is C[C@]1(O)CC[C@@H]1Nc1cccc(C(F)(F)F)c1. The zero-order valence-corrected chi connectivity index (χ0v) is 9.38. The van der Waals surface area contributed by atoms with Crippen LogP contribution in [0.5, 0.6) is 0 Å². The molecule has 2 N–H and O–H groups in total. The molecule has 0 spiro atoms. The summed E-state index contributed by atoms with van der Waals surface area (Å²) in [5.41, 5.74) is -1.11. The Morgan fingerprint density at radius 2 is 2.12 bits per heavy atom. The molecule has 1 saturated carbocycles. The van der Waals surface area contributed by atoms with Gasteiger partial charge in [-0.05, 0) is 38.0 Å². The van der Waals surface area contributed by atoms with E-state index < -0.39 is 17.3 Å². The zero-order chi connectivity index (χ0) is 12.7. The first kappa shape index (κ1) is 12.2. The standard InChI is InChI=1S/C12H14F3NO/c1-11(17)6-5-10(11)16-9-4-2-3-8(7-9)12(13,14)15/h2-4,7,10,16-17H,5-6H2,1H3/t10-,11-/m0/s1. The Balaban J connectivity index is 2.12. The van der Waals surface area contributed by atoms with Gasteiger partial charge < -0.3 is 10.4 Å². The lowest BCUT2D eigenvalue weighted by Crippen LogP contribution is -2.53. The molecular formula is C12H14F3NO. The van der Waals surface area contributed by atoms with Gasteiger partial charge in [-0.25, -0.2) is 0 Å². The molecule has 94 valence electrons. The van der Waals surface area contributed by atoms with Crippen LogP contribution >= 0.6 is 0 Å². The quantitative estimate of drug-likeness (QED) is 0.839. The van der Waals surface area contributed by atoms with Gasteiger partial charge in [-0.15, -0.1) is 0 Å². The van der Waals surface area contributed by atoms with Gasteiger partial charge in [-0.3, -0.25) is 0 Å². The number of aliphatic hydroxyl groups is 1. The first-order valence-electron chi connectivity index (χ1n) is 5.45. The van der Waals surface area contributed by atoms with E-state index in [1.54, 1.807) is 13.0 Å². The van der Waals surface area contributed by atoms with Crippen LogP contribution in [0.3, 0.4) is 0 Å². The van der Waals surface area contributed by atoms with Crippen LogP contribution in [0.4, 0.5) is 18.9 Å². The van der Waals surface area contributed by atoms with E-state index in [0.717, 1.165) is 18.6 Å². The molecule has 0 unspecified atom stereocenters. The maximum absolute atomic E-state index is 12.5. The molecule has 0 aromatic heterocycles. The van der Waals surface area contributed by atoms with Crippen molar-refractivity contribution in [3.8, 4) is 0 Å². The minimum absolute atomic E-state index is 0.175. The maximum atomic E-state index is 12.5. The summed E-state index contributed by atoms with van der Waals surface area (Å²) >= 11 is 0. The Labute approximate surface area is 97.5 Å². The minimum atomic E-state index is -4.33. The fourth-order valence-electron chi connectivity index (χ4n) is 1.92. The van der Waals surface area contributed by atoms with Crippen molar-refractivity contribution in [3.63, 3.8) is 0 Å². The molecule has 1 aromatic rings. The van der Waals surface area contributed by atoms with E-state index in [9.17, 15) is 18.3 Å². The second kappa shape index (κ2) is 3.91. The normalized spacial score (nSPS) is 28.6. The molecule has 2 rings (SSSR count). The summed E-state index contributed by atoms with van der Waals surface area (Å²) < 4.78 is 37.4. The molecule has 1 aliphatic carbocycles. The molecule has 2 atom stereocenters. The number of nitrogens with one attached hydrogen (secondary N) is 1. The number of anilines is 1. The highest BCUT2D eigenvalue weighted by Crippen LogP contribution is 2.35. The predicted molar refractivity (Wildman–Crippen MR) is 58.7 cm³/mol. The van der Waals surface area contributed by atoms with Crippen molar-refractivity contribution in [2.75, 3.05) is 5.32 Å². The van der Waals surface area contributed by atoms with Crippen LogP contribution in [0, 0.1) is 0 Å². The third-order valence-corrected chi connectivity index (χ3v) is 3.22. The Kier molecular flexibility index (Phi) is 2.81. The van der Waals surface area contributed by atoms with Gasteiger partial charge in [0.05, 0.1) is 17.2 Å². The van der Waals surface area contributed by atoms with Crippen molar-refractivity contribution in [3.05, 3.63) is 29.8 Å². The molecule has 0 saturated heterocycles. The van der Waals surface area contributed by atoms with E-state index in [-0.39, 0.29) is 6.04 Å². The molecule has 1 fully saturated rings. The van der Waals surface area contributed by atoms with Crippen LogP contribution in [-0.4, -0.2) is 16.7 Å². The largest absolute Gasteiger partial charge is 0.416 e. The summed E-state index contributed by atoms with van der Waals surface area (Å²) in [6.45, 7) is 1.68. The van der Waals surface area contributed by atoms with E-state index in [1.165, 1.54) is 6.07 Å². The zero-order valence-electron chi connectivity index (χ0n) is 9.38. The third-order valence-electron chi connectivity index (χ3n) is 3.22.